The van der Waals surface area contributed by atoms with E-state index in [1.54, 1.807) is 18.5 Å². The van der Waals surface area contributed by atoms with Crippen molar-refractivity contribution in [2.24, 2.45) is 0 Å². The summed E-state index contributed by atoms with van der Waals surface area (Å²) in [6, 6.07) is 1.79. The number of rotatable bonds is 5. The van der Waals surface area contributed by atoms with E-state index in [1.165, 1.54) is 0 Å². The summed E-state index contributed by atoms with van der Waals surface area (Å²) in [4.78, 5) is 39.5. The Morgan fingerprint density at radius 1 is 1.19 bits per heavy atom. The lowest BCUT2D eigenvalue weighted by Gasteiger charge is -2.40. The molecule has 2 aliphatic heterocycles. The highest BCUT2D eigenvalue weighted by molar-refractivity contribution is 5.82. The minimum Gasteiger partial charge on any atom is -0.352 e. The van der Waals surface area contributed by atoms with Crippen LogP contribution in [0, 0.1) is 0 Å². The predicted octanol–water partition coefficient (Wildman–Crippen LogP) is 0.504. The third-order valence-corrected chi connectivity index (χ3v) is 5.47. The Morgan fingerprint density at radius 2 is 1.89 bits per heavy atom. The molecule has 2 unspecified atom stereocenters. The quantitative estimate of drug-likeness (QED) is 0.809. The molecule has 1 aromatic heterocycles. The Bertz CT molecular complexity index is 632. The molecule has 0 aromatic carbocycles. The Morgan fingerprint density at radius 3 is 2.56 bits per heavy atom. The Kier molecular flexibility index (Phi) is 6.60. The maximum Gasteiger partial charge on any atom is 0.239 e. The number of likely N-dealkylation sites (tertiary alicyclic amines) is 1. The first kappa shape index (κ1) is 19.5. The van der Waals surface area contributed by atoms with Gasteiger partial charge in [0.05, 0.1) is 6.04 Å². The van der Waals surface area contributed by atoms with Crippen molar-refractivity contribution in [2.75, 3.05) is 44.2 Å². The monoisotopic (exact) mass is 374 g/mol. The standard InChI is InChI=1S/C19H30N6O2/c1-3-17(26)22-16-6-4-9-25(14-16)15(2)18(27)23-10-12-24(13-11-23)19-20-7-5-8-21-19/h5,7-8,15-16H,3-4,6,9-14H2,1-2H3,(H,22,26). The van der Waals surface area contributed by atoms with E-state index in [0.29, 0.717) is 19.5 Å². The van der Waals surface area contributed by atoms with E-state index in [4.69, 9.17) is 0 Å². The highest BCUT2D eigenvalue weighted by atomic mass is 16.2. The van der Waals surface area contributed by atoms with Gasteiger partial charge in [0.25, 0.3) is 0 Å². The van der Waals surface area contributed by atoms with Gasteiger partial charge in [-0.2, -0.15) is 0 Å². The molecule has 2 fully saturated rings. The molecule has 2 atom stereocenters. The predicted molar refractivity (Wildman–Crippen MR) is 103 cm³/mol. The van der Waals surface area contributed by atoms with E-state index in [9.17, 15) is 9.59 Å². The Labute approximate surface area is 160 Å². The molecule has 0 bridgehead atoms. The van der Waals surface area contributed by atoms with Gasteiger partial charge in [-0.1, -0.05) is 6.92 Å². The summed E-state index contributed by atoms with van der Waals surface area (Å²) < 4.78 is 0. The molecule has 0 spiro atoms. The van der Waals surface area contributed by atoms with Crippen LogP contribution in [0.1, 0.15) is 33.1 Å². The number of aromatic nitrogens is 2. The van der Waals surface area contributed by atoms with Crippen LogP contribution in [0.3, 0.4) is 0 Å². The van der Waals surface area contributed by atoms with Gasteiger partial charge in [-0.15, -0.1) is 0 Å². The molecule has 2 saturated heterocycles. The lowest BCUT2D eigenvalue weighted by molar-refractivity contribution is -0.137. The molecule has 1 aromatic rings. The summed E-state index contributed by atoms with van der Waals surface area (Å²) >= 11 is 0. The zero-order chi connectivity index (χ0) is 19.2. The molecule has 2 aliphatic rings. The zero-order valence-electron chi connectivity index (χ0n) is 16.3. The molecular formula is C19H30N6O2. The molecule has 8 heteroatoms. The van der Waals surface area contributed by atoms with Crippen LogP contribution in [0.4, 0.5) is 5.95 Å². The third kappa shape index (κ3) is 4.94. The number of hydrogen-bond donors (Lipinski definition) is 1. The summed E-state index contributed by atoms with van der Waals surface area (Å²) in [5.74, 6) is 0.981. The van der Waals surface area contributed by atoms with Crippen LogP contribution >= 0.6 is 0 Å². The number of carbonyl (C=O) groups is 2. The van der Waals surface area contributed by atoms with E-state index in [2.05, 4.69) is 25.1 Å². The van der Waals surface area contributed by atoms with Gasteiger partial charge in [-0.05, 0) is 32.4 Å². The minimum atomic E-state index is -0.161. The van der Waals surface area contributed by atoms with Gasteiger partial charge in [-0.25, -0.2) is 9.97 Å². The first-order valence-electron chi connectivity index (χ1n) is 9.92. The zero-order valence-corrected chi connectivity index (χ0v) is 16.3. The fraction of sp³-hybridized carbons (Fsp3) is 0.684. The van der Waals surface area contributed by atoms with E-state index >= 15 is 0 Å². The molecule has 2 amide bonds. The number of nitrogens with one attached hydrogen (secondary N) is 1. The van der Waals surface area contributed by atoms with Gasteiger partial charge < -0.3 is 15.1 Å². The van der Waals surface area contributed by atoms with E-state index in [0.717, 1.165) is 45.0 Å². The number of hydrogen-bond acceptors (Lipinski definition) is 6. The second-order valence-corrected chi connectivity index (χ2v) is 7.29. The minimum absolute atomic E-state index is 0.0834. The number of anilines is 1. The van der Waals surface area contributed by atoms with Crippen molar-refractivity contribution in [1.82, 2.24) is 25.1 Å². The Hall–Kier alpha value is -2.22. The Balaban J connectivity index is 1.51. The topological polar surface area (TPSA) is 81.7 Å². The van der Waals surface area contributed by atoms with E-state index < -0.39 is 0 Å². The van der Waals surface area contributed by atoms with E-state index in [-0.39, 0.29) is 23.9 Å². The van der Waals surface area contributed by atoms with Gasteiger partial charge >= 0.3 is 0 Å². The molecule has 27 heavy (non-hydrogen) atoms. The summed E-state index contributed by atoms with van der Waals surface area (Å²) in [6.07, 6.45) is 5.97. The molecule has 148 valence electrons. The van der Waals surface area contributed by atoms with Crippen molar-refractivity contribution in [3.8, 4) is 0 Å². The average Bonchev–Trinajstić information content (AvgIpc) is 2.73. The fourth-order valence-electron chi connectivity index (χ4n) is 3.81. The first-order chi connectivity index (χ1) is 13.1. The summed E-state index contributed by atoms with van der Waals surface area (Å²) in [6.45, 7) is 8.37. The normalized spacial score (nSPS) is 22.4. The van der Waals surface area contributed by atoms with Crippen LogP contribution < -0.4 is 10.2 Å². The van der Waals surface area contributed by atoms with Crippen LogP contribution in [0.5, 0.6) is 0 Å². The number of piperazine rings is 1. The second-order valence-electron chi connectivity index (χ2n) is 7.29. The van der Waals surface area contributed by atoms with Crippen molar-refractivity contribution < 1.29 is 9.59 Å². The van der Waals surface area contributed by atoms with Crippen molar-refractivity contribution in [1.29, 1.82) is 0 Å². The molecule has 0 radical (unpaired) electrons. The van der Waals surface area contributed by atoms with E-state index in [1.807, 2.05) is 18.7 Å². The number of carbonyl (C=O) groups excluding carboxylic acids is 2. The average molecular weight is 374 g/mol. The van der Waals surface area contributed by atoms with Crippen molar-refractivity contribution in [2.45, 2.75) is 45.2 Å². The van der Waals surface area contributed by atoms with Gasteiger partial charge in [0.15, 0.2) is 0 Å². The van der Waals surface area contributed by atoms with Crippen molar-refractivity contribution in [3.05, 3.63) is 18.5 Å². The van der Waals surface area contributed by atoms with Crippen LogP contribution in [-0.2, 0) is 9.59 Å². The summed E-state index contributed by atoms with van der Waals surface area (Å²) in [5, 5.41) is 3.07. The summed E-state index contributed by atoms with van der Waals surface area (Å²) in [5.41, 5.74) is 0. The first-order valence-corrected chi connectivity index (χ1v) is 9.92. The lowest BCUT2D eigenvalue weighted by atomic mass is 10.0. The SMILES string of the molecule is CCC(=O)NC1CCCN(C(C)C(=O)N2CCN(c3ncccn3)CC2)C1. The van der Waals surface area contributed by atoms with Gasteiger partial charge in [0, 0.05) is 57.6 Å². The highest BCUT2D eigenvalue weighted by Gasteiger charge is 2.32. The molecule has 0 aliphatic carbocycles. The highest BCUT2D eigenvalue weighted by Crippen LogP contribution is 2.16. The molecule has 0 saturated carbocycles. The maximum atomic E-state index is 13.0. The molecular weight excluding hydrogens is 344 g/mol. The van der Waals surface area contributed by atoms with Crippen molar-refractivity contribution in [3.63, 3.8) is 0 Å². The van der Waals surface area contributed by atoms with Crippen LogP contribution in [0.15, 0.2) is 18.5 Å². The van der Waals surface area contributed by atoms with Gasteiger partial charge in [0.1, 0.15) is 0 Å². The number of amides is 2. The summed E-state index contributed by atoms with van der Waals surface area (Å²) in [7, 11) is 0. The largest absolute Gasteiger partial charge is 0.352 e. The third-order valence-electron chi connectivity index (χ3n) is 5.47. The molecule has 3 heterocycles. The second kappa shape index (κ2) is 9.12. The molecule has 3 rings (SSSR count). The van der Waals surface area contributed by atoms with Crippen LogP contribution in [0.2, 0.25) is 0 Å². The number of nitrogens with zero attached hydrogens (tertiary/aromatic N) is 5. The van der Waals surface area contributed by atoms with Gasteiger partial charge in [0.2, 0.25) is 17.8 Å². The lowest BCUT2D eigenvalue weighted by Crippen LogP contribution is -2.57. The molecule has 8 nitrogen and oxygen atoms in total. The van der Waals surface area contributed by atoms with Crippen LogP contribution in [0.25, 0.3) is 0 Å². The van der Waals surface area contributed by atoms with Crippen LogP contribution in [-0.4, -0.2) is 82.9 Å². The number of piperidine rings is 1. The fourth-order valence-corrected chi connectivity index (χ4v) is 3.81. The maximum absolute atomic E-state index is 13.0. The van der Waals surface area contributed by atoms with Gasteiger partial charge in [-0.3, -0.25) is 14.5 Å². The molecule has 1 N–H and O–H groups in total. The van der Waals surface area contributed by atoms with Crippen molar-refractivity contribution >= 4 is 17.8 Å². The smallest absolute Gasteiger partial charge is 0.239 e.